The molecule has 21 heavy (non-hydrogen) atoms. The Kier molecular flexibility index (Phi) is 3.88. The van der Waals surface area contributed by atoms with Gasteiger partial charge in [0, 0.05) is 17.7 Å². The number of hydrogen-bond donors (Lipinski definition) is 3. The van der Waals surface area contributed by atoms with E-state index < -0.39 is 11.6 Å². The Labute approximate surface area is 122 Å². The number of benzene rings is 1. The van der Waals surface area contributed by atoms with E-state index >= 15 is 0 Å². The number of nitrogens with one attached hydrogen (secondary N) is 1. The topological polar surface area (TPSA) is 89.9 Å². The molecule has 2 rings (SSSR count). The zero-order valence-corrected chi connectivity index (χ0v) is 11.8. The highest BCUT2D eigenvalue weighted by atomic mass is 16.4. The molecule has 1 fully saturated rings. The lowest BCUT2D eigenvalue weighted by Crippen LogP contribution is -2.76. The van der Waals surface area contributed by atoms with Gasteiger partial charge in [0.25, 0.3) is 0 Å². The van der Waals surface area contributed by atoms with Gasteiger partial charge in [0.2, 0.25) is 0 Å². The number of carboxylic acids is 1. The van der Waals surface area contributed by atoms with Crippen molar-refractivity contribution in [3.63, 3.8) is 0 Å². The number of carbonyl (C=O) groups is 2. The van der Waals surface area contributed by atoms with E-state index in [1.54, 1.807) is 12.1 Å². The van der Waals surface area contributed by atoms with E-state index in [1.807, 2.05) is 6.92 Å². The highest BCUT2D eigenvalue weighted by Crippen LogP contribution is 2.38. The molecule has 0 aliphatic carbocycles. The molecule has 0 spiro atoms. The number of carboxylic acid groups (broad SMARTS) is 1. The number of urea groups is 1. The van der Waals surface area contributed by atoms with E-state index in [4.69, 9.17) is 5.11 Å². The highest BCUT2D eigenvalue weighted by molar-refractivity contribution is 6.01. The minimum absolute atomic E-state index is 0.0484. The van der Waals surface area contributed by atoms with Crippen molar-refractivity contribution >= 4 is 17.7 Å². The Bertz CT molecular complexity index is 582. The number of aliphatic carboxylic acids is 1. The summed E-state index contributed by atoms with van der Waals surface area (Å²) >= 11 is 0. The Balaban J connectivity index is 2.32. The number of hydrogen-bond acceptors (Lipinski definition) is 3. The molecule has 1 aromatic carbocycles. The minimum Gasteiger partial charge on any atom is -0.508 e. The summed E-state index contributed by atoms with van der Waals surface area (Å²) in [6.45, 7) is 5.52. The van der Waals surface area contributed by atoms with Crippen molar-refractivity contribution in [2.24, 2.45) is 0 Å². The molecule has 2 amide bonds. The molecular weight excluding hydrogens is 272 g/mol. The van der Waals surface area contributed by atoms with Gasteiger partial charge in [-0.3, -0.25) is 4.90 Å². The van der Waals surface area contributed by atoms with Gasteiger partial charge in [0.05, 0.1) is 0 Å². The van der Waals surface area contributed by atoms with E-state index in [9.17, 15) is 14.7 Å². The number of rotatable bonds is 6. The predicted molar refractivity (Wildman–Crippen MR) is 78.1 cm³/mol. The van der Waals surface area contributed by atoms with Gasteiger partial charge >= 0.3 is 12.0 Å². The lowest BCUT2D eigenvalue weighted by Gasteiger charge is -2.53. The number of phenols is 1. The molecule has 1 aliphatic rings. The second kappa shape index (κ2) is 5.47. The second-order valence-electron chi connectivity index (χ2n) is 5.15. The summed E-state index contributed by atoms with van der Waals surface area (Å²) in [5, 5.41) is 21.2. The van der Waals surface area contributed by atoms with E-state index in [2.05, 4.69) is 11.9 Å². The molecule has 1 atom stereocenters. The maximum absolute atomic E-state index is 11.9. The van der Waals surface area contributed by atoms with Gasteiger partial charge in [-0.25, -0.2) is 9.59 Å². The quantitative estimate of drug-likeness (QED) is 0.702. The Morgan fingerprint density at radius 1 is 1.38 bits per heavy atom. The molecule has 0 saturated carbocycles. The van der Waals surface area contributed by atoms with Crippen LogP contribution in [0, 0.1) is 0 Å². The van der Waals surface area contributed by atoms with Crippen LogP contribution < -0.4 is 10.2 Å². The van der Waals surface area contributed by atoms with Gasteiger partial charge in [0.15, 0.2) is 0 Å². The SMILES string of the molecule is C=C(CC1(CCC)NC(=O)N1c1ccc(O)cc1)C(=O)O. The van der Waals surface area contributed by atoms with Gasteiger partial charge in [-0.2, -0.15) is 0 Å². The van der Waals surface area contributed by atoms with Crippen molar-refractivity contribution in [3.05, 3.63) is 36.4 Å². The van der Waals surface area contributed by atoms with E-state index in [0.29, 0.717) is 12.1 Å². The van der Waals surface area contributed by atoms with Crippen molar-refractivity contribution in [2.75, 3.05) is 4.90 Å². The highest BCUT2D eigenvalue weighted by Gasteiger charge is 2.51. The first-order chi connectivity index (χ1) is 9.89. The molecule has 1 unspecified atom stereocenters. The first-order valence-electron chi connectivity index (χ1n) is 6.72. The molecule has 1 aliphatic heterocycles. The number of phenolic OH excluding ortho intramolecular Hbond substituents is 1. The van der Waals surface area contributed by atoms with Crippen LogP contribution in [0.2, 0.25) is 0 Å². The molecular formula is C15H18N2O4. The second-order valence-corrected chi connectivity index (χ2v) is 5.15. The zero-order valence-electron chi connectivity index (χ0n) is 11.8. The Morgan fingerprint density at radius 3 is 2.48 bits per heavy atom. The van der Waals surface area contributed by atoms with Crippen LogP contribution in [0.4, 0.5) is 10.5 Å². The average Bonchev–Trinajstić information content (AvgIpc) is 2.41. The van der Waals surface area contributed by atoms with Crippen molar-refractivity contribution in [1.29, 1.82) is 0 Å². The fraction of sp³-hybridized carbons (Fsp3) is 0.333. The molecule has 0 aromatic heterocycles. The first kappa shape index (κ1) is 14.9. The van der Waals surface area contributed by atoms with Crippen LogP contribution in [0.3, 0.4) is 0 Å². The van der Waals surface area contributed by atoms with Gasteiger partial charge in [-0.05, 0) is 30.7 Å². The Hall–Kier alpha value is -2.50. The van der Waals surface area contributed by atoms with Crippen molar-refractivity contribution in [3.8, 4) is 5.75 Å². The number of aromatic hydroxyl groups is 1. The molecule has 1 heterocycles. The van der Waals surface area contributed by atoms with Gasteiger partial charge in [0.1, 0.15) is 11.4 Å². The van der Waals surface area contributed by atoms with E-state index in [0.717, 1.165) is 6.42 Å². The van der Waals surface area contributed by atoms with E-state index in [-0.39, 0.29) is 23.8 Å². The first-order valence-corrected chi connectivity index (χ1v) is 6.72. The summed E-state index contributed by atoms with van der Waals surface area (Å²) in [7, 11) is 0. The van der Waals surface area contributed by atoms with Crippen LogP contribution in [-0.2, 0) is 4.79 Å². The van der Waals surface area contributed by atoms with Crippen LogP contribution in [0.5, 0.6) is 5.75 Å². The van der Waals surface area contributed by atoms with Crippen LogP contribution in [0.25, 0.3) is 0 Å². The molecule has 112 valence electrons. The third-order valence-electron chi connectivity index (χ3n) is 3.55. The van der Waals surface area contributed by atoms with Gasteiger partial charge in [-0.15, -0.1) is 0 Å². The Morgan fingerprint density at radius 2 is 2.00 bits per heavy atom. The maximum atomic E-state index is 11.9. The summed E-state index contributed by atoms with van der Waals surface area (Å²) in [6.07, 6.45) is 1.52. The zero-order chi connectivity index (χ0) is 15.6. The predicted octanol–water partition coefficient (Wildman–Crippen LogP) is 2.45. The third-order valence-corrected chi connectivity index (χ3v) is 3.55. The number of amides is 2. The molecule has 0 bridgehead atoms. The summed E-state index contributed by atoms with van der Waals surface area (Å²) < 4.78 is 0. The fourth-order valence-corrected chi connectivity index (χ4v) is 2.65. The molecule has 1 aromatic rings. The lowest BCUT2D eigenvalue weighted by atomic mass is 9.89. The van der Waals surface area contributed by atoms with Gasteiger partial charge in [-0.1, -0.05) is 19.9 Å². The van der Waals surface area contributed by atoms with Crippen LogP contribution in [0.15, 0.2) is 36.4 Å². The normalized spacial score (nSPS) is 20.6. The summed E-state index contributed by atoms with van der Waals surface area (Å²) in [4.78, 5) is 24.5. The molecule has 0 radical (unpaired) electrons. The molecule has 1 saturated heterocycles. The molecule has 6 heteroatoms. The van der Waals surface area contributed by atoms with Crippen LogP contribution in [0.1, 0.15) is 26.2 Å². The lowest BCUT2D eigenvalue weighted by molar-refractivity contribution is -0.133. The van der Waals surface area contributed by atoms with Crippen LogP contribution in [-0.4, -0.2) is 27.9 Å². The summed E-state index contributed by atoms with van der Waals surface area (Å²) in [5.74, 6) is -0.965. The largest absolute Gasteiger partial charge is 0.508 e. The summed E-state index contributed by atoms with van der Waals surface area (Å²) in [5.41, 5.74) is -0.103. The number of anilines is 1. The van der Waals surface area contributed by atoms with E-state index in [1.165, 1.54) is 17.0 Å². The van der Waals surface area contributed by atoms with Crippen molar-refractivity contribution in [1.82, 2.24) is 5.32 Å². The average molecular weight is 290 g/mol. The molecule has 6 nitrogen and oxygen atoms in total. The molecule has 3 N–H and O–H groups in total. The third kappa shape index (κ3) is 2.69. The van der Waals surface area contributed by atoms with Crippen molar-refractivity contribution < 1.29 is 19.8 Å². The summed E-state index contributed by atoms with van der Waals surface area (Å²) in [6, 6.07) is 5.95. The monoisotopic (exact) mass is 290 g/mol. The maximum Gasteiger partial charge on any atom is 0.331 e. The fourth-order valence-electron chi connectivity index (χ4n) is 2.65. The van der Waals surface area contributed by atoms with Crippen molar-refractivity contribution in [2.45, 2.75) is 31.8 Å². The number of carbonyl (C=O) groups excluding carboxylic acids is 1. The standard InChI is InChI=1S/C15H18N2O4/c1-3-8-15(9-10(2)13(19)20)16-14(21)17(15)11-4-6-12(18)7-5-11/h4-7,18H,2-3,8-9H2,1H3,(H,16,21)(H,19,20). The smallest absolute Gasteiger partial charge is 0.331 e. The minimum atomic E-state index is -1.07. The van der Waals surface area contributed by atoms with Gasteiger partial charge < -0.3 is 15.5 Å². The van der Waals surface area contributed by atoms with Crippen LogP contribution >= 0.6 is 0 Å². The number of nitrogens with zero attached hydrogens (tertiary/aromatic N) is 1.